The highest BCUT2D eigenvalue weighted by Crippen LogP contribution is 2.26. The summed E-state index contributed by atoms with van der Waals surface area (Å²) in [5.41, 5.74) is 1.54. The first-order valence-electron chi connectivity index (χ1n) is 4.72. The maximum atomic E-state index is 13.4. The van der Waals surface area contributed by atoms with E-state index >= 15 is 0 Å². The first-order valence-corrected chi connectivity index (χ1v) is 5.51. The normalized spacial score (nSPS) is 12.3. The lowest BCUT2D eigenvalue weighted by Crippen LogP contribution is -2.20. The smallest absolute Gasteiger partial charge is 0.139 e. The van der Waals surface area contributed by atoms with Crippen LogP contribution in [0.1, 0.15) is 20.8 Å². The highest BCUT2D eigenvalue weighted by atomic mass is 79.9. The fraction of sp³-hybridized carbons (Fsp3) is 0.364. The number of hydrogen-bond acceptors (Lipinski definition) is 1. The van der Waals surface area contributed by atoms with E-state index in [0.717, 1.165) is 11.0 Å². The molecule has 0 amide bonds. The predicted molar refractivity (Wildman–Crippen MR) is 62.4 cm³/mol. The summed E-state index contributed by atoms with van der Waals surface area (Å²) in [6.07, 6.45) is 1.75. The molecule has 0 bridgehead atoms. The molecule has 0 fully saturated rings. The van der Waals surface area contributed by atoms with E-state index in [1.807, 2.05) is 4.57 Å². The summed E-state index contributed by atoms with van der Waals surface area (Å²) >= 11 is 3.15. The molecule has 0 saturated heterocycles. The van der Waals surface area contributed by atoms with E-state index in [4.69, 9.17) is 0 Å². The summed E-state index contributed by atoms with van der Waals surface area (Å²) in [5, 5.41) is 0. The molecule has 0 N–H and O–H groups in total. The topological polar surface area (TPSA) is 17.8 Å². The standard InChI is InChI=1S/C11H12BrFN2/c1-11(2,3)15-6-14-9-4-7(12)8(13)5-10(9)15/h4-6H,1-3H3. The minimum absolute atomic E-state index is 0.0883. The molecular formula is C11H12BrFN2. The van der Waals surface area contributed by atoms with Crippen LogP contribution in [0.3, 0.4) is 0 Å². The maximum absolute atomic E-state index is 13.4. The molecule has 1 heterocycles. The molecule has 0 unspecified atom stereocenters. The van der Waals surface area contributed by atoms with Crippen LogP contribution in [-0.2, 0) is 5.54 Å². The van der Waals surface area contributed by atoms with Crippen molar-refractivity contribution in [3.63, 3.8) is 0 Å². The Balaban J connectivity index is 2.75. The second kappa shape index (κ2) is 3.30. The number of aromatic nitrogens is 2. The van der Waals surface area contributed by atoms with E-state index in [9.17, 15) is 4.39 Å². The molecule has 0 aliphatic carbocycles. The summed E-state index contributed by atoms with van der Waals surface area (Å²) in [6.45, 7) is 6.19. The molecule has 2 nitrogen and oxygen atoms in total. The molecule has 2 rings (SSSR count). The number of halogens is 2. The minimum Gasteiger partial charge on any atom is -0.325 e. The molecule has 0 aliphatic rings. The van der Waals surface area contributed by atoms with Crippen LogP contribution in [0.25, 0.3) is 11.0 Å². The van der Waals surface area contributed by atoms with Crippen molar-refractivity contribution < 1.29 is 4.39 Å². The Labute approximate surface area is 96.2 Å². The minimum atomic E-state index is -0.256. The first-order chi connectivity index (χ1) is 6.89. The SMILES string of the molecule is CC(C)(C)n1cnc2cc(Br)c(F)cc21. The Bertz CT molecular complexity index is 511. The fourth-order valence-electron chi connectivity index (χ4n) is 1.54. The second-order valence-electron chi connectivity index (χ2n) is 4.54. The molecule has 1 aromatic carbocycles. The average molecular weight is 271 g/mol. The van der Waals surface area contributed by atoms with Gasteiger partial charge in [-0.1, -0.05) is 0 Å². The molecule has 2 aromatic rings. The van der Waals surface area contributed by atoms with Crippen LogP contribution in [0.15, 0.2) is 22.9 Å². The van der Waals surface area contributed by atoms with Gasteiger partial charge in [-0.25, -0.2) is 9.37 Å². The monoisotopic (exact) mass is 270 g/mol. The van der Waals surface area contributed by atoms with Crippen LogP contribution in [-0.4, -0.2) is 9.55 Å². The number of nitrogens with zero attached hydrogens (tertiary/aromatic N) is 2. The van der Waals surface area contributed by atoms with Gasteiger partial charge in [0, 0.05) is 11.6 Å². The van der Waals surface area contributed by atoms with Crippen molar-refractivity contribution in [2.45, 2.75) is 26.3 Å². The number of imidazole rings is 1. The van der Waals surface area contributed by atoms with Gasteiger partial charge in [0.1, 0.15) is 5.82 Å². The largest absolute Gasteiger partial charge is 0.325 e. The summed E-state index contributed by atoms with van der Waals surface area (Å²) in [4.78, 5) is 4.25. The third kappa shape index (κ3) is 1.78. The van der Waals surface area contributed by atoms with Crippen LogP contribution in [0.2, 0.25) is 0 Å². The molecule has 0 aliphatic heterocycles. The van der Waals surface area contributed by atoms with Crippen molar-refractivity contribution in [2.75, 3.05) is 0 Å². The van der Waals surface area contributed by atoms with Crippen LogP contribution in [0, 0.1) is 5.82 Å². The molecular weight excluding hydrogens is 259 g/mol. The van der Waals surface area contributed by atoms with E-state index < -0.39 is 0 Å². The van der Waals surface area contributed by atoms with Crippen molar-refractivity contribution in [2.24, 2.45) is 0 Å². The Hall–Kier alpha value is -0.900. The molecule has 0 spiro atoms. The van der Waals surface area contributed by atoms with E-state index in [-0.39, 0.29) is 11.4 Å². The van der Waals surface area contributed by atoms with Crippen molar-refractivity contribution in [3.05, 3.63) is 28.7 Å². The summed E-state index contributed by atoms with van der Waals surface area (Å²) in [6, 6.07) is 3.21. The third-order valence-corrected chi connectivity index (χ3v) is 2.92. The summed E-state index contributed by atoms with van der Waals surface area (Å²) in [5.74, 6) is -0.256. The van der Waals surface area contributed by atoms with Gasteiger partial charge in [-0.2, -0.15) is 0 Å². The zero-order valence-corrected chi connectivity index (χ0v) is 10.5. The lowest BCUT2D eigenvalue weighted by atomic mass is 10.1. The lowest BCUT2D eigenvalue weighted by molar-refractivity contribution is 0.408. The molecule has 0 radical (unpaired) electrons. The number of benzene rings is 1. The van der Waals surface area contributed by atoms with Crippen LogP contribution < -0.4 is 0 Å². The Morgan fingerprint density at radius 2 is 2.00 bits per heavy atom. The summed E-state index contributed by atoms with van der Waals surface area (Å²) in [7, 11) is 0. The van der Waals surface area contributed by atoms with Gasteiger partial charge in [-0.05, 0) is 42.8 Å². The molecule has 0 saturated carbocycles. The van der Waals surface area contributed by atoms with Crippen molar-refractivity contribution in [1.29, 1.82) is 0 Å². The van der Waals surface area contributed by atoms with Gasteiger partial charge in [0.05, 0.1) is 21.8 Å². The fourth-order valence-corrected chi connectivity index (χ4v) is 1.87. The number of fused-ring (bicyclic) bond motifs is 1. The van der Waals surface area contributed by atoms with Gasteiger partial charge in [-0.15, -0.1) is 0 Å². The highest BCUT2D eigenvalue weighted by molar-refractivity contribution is 9.10. The quantitative estimate of drug-likeness (QED) is 0.714. The molecule has 15 heavy (non-hydrogen) atoms. The Kier molecular flexibility index (Phi) is 2.34. The second-order valence-corrected chi connectivity index (χ2v) is 5.39. The molecule has 1 aromatic heterocycles. The predicted octanol–water partition coefficient (Wildman–Crippen LogP) is 3.69. The van der Waals surface area contributed by atoms with Gasteiger partial charge >= 0.3 is 0 Å². The van der Waals surface area contributed by atoms with E-state index in [0.29, 0.717) is 4.47 Å². The van der Waals surface area contributed by atoms with Crippen molar-refractivity contribution >= 4 is 27.0 Å². The van der Waals surface area contributed by atoms with Gasteiger partial charge in [0.15, 0.2) is 0 Å². The van der Waals surface area contributed by atoms with Crippen LogP contribution >= 0.6 is 15.9 Å². The Morgan fingerprint density at radius 1 is 1.33 bits per heavy atom. The number of hydrogen-bond donors (Lipinski definition) is 0. The van der Waals surface area contributed by atoms with E-state index in [1.54, 1.807) is 12.4 Å². The first kappa shape index (κ1) is 10.6. The van der Waals surface area contributed by atoms with Gasteiger partial charge in [-0.3, -0.25) is 0 Å². The van der Waals surface area contributed by atoms with Gasteiger partial charge < -0.3 is 4.57 Å². The average Bonchev–Trinajstić information content (AvgIpc) is 2.47. The zero-order chi connectivity index (χ0) is 11.2. The Morgan fingerprint density at radius 3 is 2.60 bits per heavy atom. The molecule has 0 atom stereocenters. The zero-order valence-electron chi connectivity index (χ0n) is 8.88. The van der Waals surface area contributed by atoms with E-state index in [1.165, 1.54) is 6.07 Å². The van der Waals surface area contributed by atoms with Gasteiger partial charge in [0.25, 0.3) is 0 Å². The molecule has 4 heteroatoms. The molecule has 80 valence electrons. The maximum Gasteiger partial charge on any atom is 0.139 e. The van der Waals surface area contributed by atoms with Crippen molar-refractivity contribution in [3.8, 4) is 0 Å². The van der Waals surface area contributed by atoms with Crippen molar-refractivity contribution in [1.82, 2.24) is 9.55 Å². The third-order valence-electron chi connectivity index (χ3n) is 2.31. The van der Waals surface area contributed by atoms with Crippen LogP contribution in [0.5, 0.6) is 0 Å². The number of rotatable bonds is 0. The highest BCUT2D eigenvalue weighted by Gasteiger charge is 2.17. The van der Waals surface area contributed by atoms with Gasteiger partial charge in [0.2, 0.25) is 0 Å². The lowest BCUT2D eigenvalue weighted by Gasteiger charge is -2.21. The van der Waals surface area contributed by atoms with Crippen LogP contribution in [0.4, 0.5) is 4.39 Å². The summed E-state index contributed by atoms with van der Waals surface area (Å²) < 4.78 is 15.8. The van der Waals surface area contributed by atoms with E-state index in [2.05, 4.69) is 41.7 Å².